The number of non-ortho nitro benzene ring substituents is 1. The van der Waals surface area contributed by atoms with Gasteiger partial charge in [0.25, 0.3) is 5.69 Å². The lowest BCUT2D eigenvalue weighted by Crippen LogP contribution is -2.53. The number of halogens is 2. The lowest BCUT2D eigenvalue weighted by Gasteiger charge is -2.50. The van der Waals surface area contributed by atoms with E-state index in [1.807, 2.05) is 36.4 Å². The van der Waals surface area contributed by atoms with E-state index in [-0.39, 0.29) is 35.7 Å². The largest absolute Gasteiger partial charge is 0.503 e. The molecule has 2 aliphatic heterocycles. The molecule has 1 saturated carbocycles. The van der Waals surface area contributed by atoms with Crippen LogP contribution in [0.25, 0.3) is 0 Å². The standard InChI is InChI=1S/C39H29BrClN3O8/c1-52-31-17-20(16-30(40)34(31)45)33-26-14-15-27-32(37(48)42(35(27)46)23-10-12-24(13-11-23)44(50)51)28(26)19-29-36(47)43(25-9-5-8-22(41)18-25)38(49)39(29,33)21-6-3-2-4-7-21/h2-14,16-18,27-29,32-33,45H,15,19H2,1H3. The van der Waals surface area contributed by atoms with Gasteiger partial charge in [-0.25, -0.2) is 4.90 Å². The van der Waals surface area contributed by atoms with Gasteiger partial charge in [0.2, 0.25) is 23.6 Å². The first kappa shape index (κ1) is 33.8. The zero-order chi connectivity index (χ0) is 36.6. The summed E-state index contributed by atoms with van der Waals surface area (Å²) in [6.07, 6.45) is 2.20. The first-order chi connectivity index (χ1) is 25.0. The van der Waals surface area contributed by atoms with E-state index in [1.165, 1.54) is 36.3 Å². The van der Waals surface area contributed by atoms with Crippen LogP contribution in [0.4, 0.5) is 17.1 Å². The van der Waals surface area contributed by atoms with Gasteiger partial charge in [-0.3, -0.25) is 34.2 Å². The van der Waals surface area contributed by atoms with Gasteiger partial charge in [0.1, 0.15) is 0 Å². The Morgan fingerprint density at radius 3 is 2.29 bits per heavy atom. The zero-order valence-corrected chi connectivity index (χ0v) is 29.8. The van der Waals surface area contributed by atoms with Crippen LogP contribution in [0, 0.1) is 33.8 Å². The molecule has 8 rings (SSSR count). The molecule has 4 aromatic rings. The van der Waals surface area contributed by atoms with Gasteiger partial charge in [-0.05, 0) is 88.3 Å². The molecule has 0 spiro atoms. The van der Waals surface area contributed by atoms with Crippen molar-refractivity contribution in [3.8, 4) is 11.5 Å². The van der Waals surface area contributed by atoms with E-state index < -0.39 is 63.6 Å². The summed E-state index contributed by atoms with van der Waals surface area (Å²) >= 11 is 9.84. The highest BCUT2D eigenvalue weighted by Gasteiger charge is 2.70. The van der Waals surface area contributed by atoms with E-state index in [4.69, 9.17) is 16.3 Å². The van der Waals surface area contributed by atoms with Crippen molar-refractivity contribution in [1.82, 2.24) is 0 Å². The minimum absolute atomic E-state index is 0.0868. The van der Waals surface area contributed by atoms with Gasteiger partial charge < -0.3 is 9.84 Å². The Hall–Kier alpha value is -5.33. The minimum atomic E-state index is -1.51. The predicted octanol–water partition coefficient (Wildman–Crippen LogP) is 7.09. The number of methoxy groups -OCH3 is 1. The maximum Gasteiger partial charge on any atom is 0.269 e. The number of ether oxygens (including phenoxy) is 1. The average molecular weight is 783 g/mol. The summed E-state index contributed by atoms with van der Waals surface area (Å²) in [5.74, 6) is -5.93. The highest BCUT2D eigenvalue weighted by molar-refractivity contribution is 9.10. The van der Waals surface area contributed by atoms with Crippen LogP contribution < -0.4 is 14.5 Å². The van der Waals surface area contributed by atoms with Gasteiger partial charge in [-0.1, -0.05) is 59.6 Å². The molecule has 11 nitrogen and oxygen atoms in total. The van der Waals surface area contributed by atoms with Crippen molar-refractivity contribution in [1.29, 1.82) is 0 Å². The number of imide groups is 2. The quantitative estimate of drug-likeness (QED) is 0.0944. The molecule has 262 valence electrons. The Morgan fingerprint density at radius 2 is 1.62 bits per heavy atom. The highest BCUT2D eigenvalue weighted by atomic mass is 79.9. The summed E-state index contributed by atoms with van der Waals surface area (Å²) in [5, 5.41) is 22.5. The molecule has 4 aromatic carbocycles. The molecule has 52 heavy (non-hydrogen) atoms. The molecular weight excluding hydrogens is 754 g/mol. The topological polar surface area (TPSA) is 147 Å². The molecule has 4 aliphatic rings. The number of phenolic OH excluding ortho intramolecular Hbond substituents is 1. The summed E-state index contributed by atoms with van der Waals surface area (Å²) in [4.78, 5) is 71.8. The highest BCUT2D eigenvalue weighted by Crippen LogP contribution is 2.65. The van der Waals surface area contributed by atoms with Crippen LogP contribution in [-0.2, 0) is 24.6 Å². The van der Waals surface area contributed by atoms with Crippen molar-refractivity contribution in [3.05, 3.63) is 133 Å². The van der Waals surface area contributed by atoms with Crippen molar-refractivity contribution >= 4 is 68.2 Å². The fourth-order valence-electron chi connectivity index (χ4n) is 9.01. The lowest BCUT2D eigenvalue weighted by atomic mass is 9.49. The SMILES string of the molecule is COc1cc(C2C3=CCC4C(=O)N(c5ccc([N+](=O)[O-])cc5)C(=O)C4C3CC3C(=O)N(c4cccc(Cl)c4)C(=O)C32c2ccccc2)cc(Br)c1O. The monoisotopic (exact) mass is 781 g/mol. The molecule has 0 aromatic heterocycles. The van der Waals surface area contributed by atoms with E-state index in [0.29, 0.717) is 26.3 Å². The molecule has 2 saturated heterocycles. The van der Waals surface area contributed by atoms with Crippen molar-refractivity contribution in [2.45, 2.75) is 24.2 Å². The summed E-state index contributed by atoms with van der Waals surface area (Å²) in [6, 6.07) is 24.2. The number of hydrogen-bond donors (Lipinski definition) is 1. The van der Waals surface area contributed by atoms with Gasteiger partial charge >= 0.3 is 0 Å². The van der Waals surface area contributed by atoms with E-state index in [9.17, 15) is 29.6 Å². The van der Waals surface area contributed by atoms with Crippen molar-refractivity contribution in [3.63, 3.8) is 0 Å². The van der Waals surface area contributed by atoms with Crippen LogP contribution in [0.2, 0.25) is 5.02 Å². The van der Waals surface area contributed by atoms with Gasteiger partial charge in [0, 0.05) is 23.1 Å². The van der Waals surface area contributed by atoms with Gasteiger partial charge in [0.05, 0.1) is 51.0 Å². The van der Waals surface area contributed by atoms with Crippen LogP contribution in [0.5, 0.6) is 11.5 Å². The third-order valence-corrected chi connectivity index (χ3v) is 11.9. The van der Waals surface area contributed by atoms with Crippen LogP contribution in [0.1, 0.15) is 29.9 Å². The third kappa shape index (κ3) is 4.77. The number of benzene rings is 4. The van der Waals surface area contributed by atoms with E-state index in [2.05, 4.69) is 15.9 Å². The average Bonchev–Trinajstić information content (AvgIpc) is 3.53. The maximum absolute atomic E-state index is 15.4. The number of carbonyl (C=O) groups excluding carboxylic acids is 4. The molecule has 0 bridgehead atoms. The molecule has 6 unspecified atom stereocenters. The van der Waals surface area contributed by atoms with Crippen molar-refractivity contribution < 1.29 is 33.9 Å². The number of carbonyl (C=O) groups is 4. The van der Waals surface area contributed by atoms with E-state index in [0.717, 1.165) is 10.5 Å². The number of fused-ring (bicyclic) bond motifs is 4. The first-order valence-electron chi connectivity index (χ1n) is 16.6. The Labute approximate surface area is 310 Å². The summed E-state index contributed by atoms with van der Waals surface area (Å²) in [7, 11) is 1.41. The molecule has 3 fully saturated rings. The van der Waals surface area contributed by atoms with Crippen LogP contribution in [-0.4, -0.2) is 40.8 Å². The molecule has 13 heteroatoms. The van der Waals surface area contributed by atoms with Crippen molar-refractivity contribution in [2.24, 2.45) is 23.7 Å². The second-order valence-corrected chi connectivity index (χ2v) is 14.7. The number of phenols is 1. The second-order valence-electron chi connectivity index (χ2n) is 13.4. The zero-order valence-electron chi connectivity index (χ0n) is 27.4. The van der Waals surface area contributed by atoms with Crippen molar-refractivity contribution in [2.75, 3.05) is 16.9 Å². The number of anilines is 2. The number of hydrogen-bond acceptors (Lipinski definition) is 8. The molecule has 0 radical (unpaired) electrons. The number of allylic oxidation sites excluding steroid dienone is 2. The van der Waals surface area contributed by atoms with Crippen LogP contribution in [0.15, 0.2) is 107 Å². The predicted molar refractivity (Wildman–Crippen MR) is 194 cm³/mol. The molecule has 2 heterocycles. The molecule has 6 atom stereocenters. The minimum Gasteiger partial charge on any atom is -0.503 e. The summed E-state index contributed by atoms with van der Waals surface area (Å²) in [6.45, 7) is 0. The smallest absolute Gasteiger partial charge is 0.269 e. The molecule has 1 N–H and O–H groups in total. The Balaban J connectivity index is 1.35. The molecule has 2 aliphatic carbocycles. The Kier molecular flexibility index (Phi) is 8.07. The number of nitro groups is 1. The van der Waals surface area contributed by atoms with Gasteiger partial charge in [0.15, 0.2) is 11.5 Å². The Bertz CT molecular complexity index is 2250. The van der Waals surface area contributed by atoms with Crippen LogP contribution >= 0.6 is 27.5 Å². The Morgan fingerprint density at radius 1 is 0.885 bits per heavy atom. The fourth-order valence-corrected chi connectivity index (χ4v) is 9.66. The fraction of sp³-hybridized carbons (Fsp3) is 0.231. The number of nitrogens with zero attached hydrogens (tertiary/aromatic N) is 3. The number of amides is 4. The first-order valence-corrected chi connectivity index (χ1v) is 17.7. The normalized spacial score (nSPS) is 26.5. The number of nitro benzene ring substituents is 1. The van der Waals surface area contributed by atoms with E-state index >= 15 is 4.79 Å². The summed E-state index contributed by atoms with van der Waals surface area (Å²) in [5.41, 5.74) is 0.709. The summed E-state index contributed by atoms with van der Waals surface area (Å²) < 4.78 is 5.86. The lowest BCUT2D eigenvalue weighted by molar-refractivity contribution is -0.384. The number of aromatic hydroxyl groups is 1. The van der Waals surface area contributed by atoms with Gasteiger partial charge in [-0.2, -0.15) is 0 Å². The van der Waals surface area contributed by atoms with E-state index in [1.54, 1.807) is 36.4 Å². The van der Waals surface area contributed by atoms with Crippen LogP contribution in [0.3, 0.4) is 0 Å². The second kappa shape index (κ2) is 12.4. The third-order valence-electron chi connectivity index (χ3n) is 11.1. The molecular formula is C39H29BrClN3O8. The molecule has 4 amide bonds. The number of rotatable bonds is 6. The maximum atomic E-state index is 15.4. The van der Waals surface area contributed by atoms with Gasteiger partial charge in [-0.15, -0.1) is 0 Å².